The highest BCUT2D eigenvalue weighted by atomic mass is 16.5. The molecule has 8 atom stereocenters. The molecule has 46 heavy (non-hydrogen) atoms. The third-order valence-corrected chi connectivity index (χ3v) is 16.1. The maximum absolute atomic E-state index is 13.1. The van der Waals surface area contributed by atoms with Crippen molar-refractivity contribution in [2.24, 2.45) is 50.2 Å². The summed E-state index contributed by atoms with van der Waals surface area (Å²) in [7, 11) is 0. The van der Waals surface area contributed by atoms with Gasteiger partial charge >= 0.3 is 5.97 Å². The van der Waals surface area contributed by atoms with Crippen LogP contribution in [0.2, 0.25) is 0 Å². The zero-order valence-corrected chi connectivity index (χ0v) is 31.7. The highest BCUT2D eigenvalue weighted by Crippen LogP contribution is 2.75. The van der Waals surface area contributed by atoms with Crippen molar-refractivity contribution in [1.29, 1.82) is 0 Å². The molecule has 5 rings (SSSR count). The molecule has 0 aliphatic heterocycles. The van der Waals surface area contributed by atoms with E-state index in [0.717, 1.165) is 19.3 Å². The summed E-state index contributed by atoms with van der Waals surface area (Å²) in [6.07, 6.45) is 28.2. The minimum Gasteiger partial charge on any atom is -0.462 e. The van der Waals surface area contributed by atoms with Gasteiger partial charge in [0.2, 0.25) is 0 Å². The lowest BCUT2D eigenvalue weighted by Crippen LogP contribution is -2.65. The molecule has 0 unspecified atom stereocenters. The lowest BCUT2D eigenvalue weighted by molar-refractivity contribution is -0.213. The molecule has 0 aromatic heterocycles. The van der Waals surface area contributed by atoms with Crippen LogP contribution >= 0.6 is 0 Å². The third kappa shape index (κ3) is 6.44. The Morgan fingerprint density at radius 1 is 0.783 bits per heavy atom. The second kappa shape index (κ2) is 13.8. The first kappa shape index (κ1) is 36.5. The number of ether oxygens (including phenoxy) is 1. The monoisotopic (exact) mass is 639 g/mol. The average molecular weight is 639 g/mol. The van der Waals surface area contributed by atoms with E-state index in [0.29, 0.717) is 36.2 Å². The molecule has 264 valence electrons. The zero-order chi connectivity index (χ0) is 33.4. The molecule has 0 bridgehead atoms. The number of aliphatic hydroxyl groups is 1. The number of fused-ring (bicyclic) bond motifs is 7. The molecule has 0 aromatic rings. The molecule has 0 spiro atoms. The smallest absolute Gasteiger partial charge is 0.306 e. The average Bonchev–Trinajstić information content (AvgIpc) is 2.99. The third-order valence-electron chi connectivity index (χ3n) is 16.1. The van der Waals surface area contributed by atoms with Crippen molar-refractivity contribution in [1.82, 2.24) is 0 Å². The van der Waals surface area contributed by atoms with E-state index < -0.39 is 0 Å². The first-order valence-electron chi connectivity index (χ1n) is 20.2. The van der Waals surface area contributed by atoms with E-state index in [1.165, 1.54) is 109 Å². The van der Waals surface area contributed by atoms with Gasteiger partial charge < -0.3 is 9.84 Å². The summed E-state index contributed by atoms with van der Waals surface area (Å²) >= 11 is 0. The second-order valence-electron chi connectivity index (χ2n) is 19.5. The van der Waals surface area contributed by atoms with E-state index in [1.807, 2.05) is 0 Å². The van der Waals surface area contributed by atoms with Crippen LogP contribution in [-0.2, 0) is 9.53 Å². The first-order valence-corrected chi connectivity index (χ1v) is 20.2. The van der Waals surface area contributed by atoms with Crippen molar-refractivity contribution in [3.05, 3.63) is 11.6 Å². The fourth-order valence-electron chi connectivity index (χ4n) is 12.8. The van der Waals surface area contributed by atoms with Crippen LogP contribution < -0.4 is 0 Å². The molecule has 4 saturated carbocycles. The molecule has 0 saturated heterocycles. The van der Waals surface area contributed by atoms with Crippen molar-refractivity contribution < 1.29 is 14.6 Å². The number of carbonyl (C=O) groups excluding carboxylic acids is 1. The normalized spacial score (nSPS) is 40.9. The van der Waals surface area contributed by atoms with E-state index in [4.69, 9.17) is 4.74 Å². The molecule has 1 N–H and O–H groups in total. The van der Waals surface area contributed by atoms with Gasteiger partial charge in [0.05, 0.1) is 0 Å². The van der Waals surface area contributed by atoms with Crippen LogP contribution in [0.4, 0.5) is 0 Å². The van der Waals surface area contributed by atoms with Crippen molar-refractivity contribution in [3.8, 4) is 0 Å². The summed E-state index contributed by atoms with van der Waals surface area (Å²) in [6, 6.07) is 0. The molecule has 5 aliphatic rings. The molecule has 3 heteroatoms. The van der Waals surface area contributed by atoms with Crippen LogP contribution in [0.5, 0.6) is 0 Å². The topological polar surface area (TPSA) is 46.5 Å². The molecule has 0 amide bonds. The van der Waals surface area contributed by atoms with E-state index in [1.54, 1.807) is 5.57 Å². The summed E-state index contributed by atoms with van der Waals surface area (Å²) in [6.45, 7) is 20.4. The largest absolute Gasteiger partial charge is 0.462 e. The molecule has 3 nitrogen and oxygen atoms in total. The van der Waals surface area contributed by atoms with E-state index in [-0.39, 0.29) is 39.1 Å². The summed E-state index contributed by atoms with van der Waals surface area (Å²) in [5, 5.41) is 10.8. The number of allylic oxidation sites excluding steroid dienone is 2. The SMILES string of the molecule is CCCCCCCCCCCCC(=O)O[C@H]1CC[C@]2(C)[C@H]3CC=C4[C@@H]5CC(C)(C)CC[C@]5(CO)CC[C@@]4(C)[C@]3(C)CC[C@H]2C1(C)C. The molecule has 4 fully saturated rings. The van der Waals surface area contributed by atoms with Gasteiger partial charge in [-0.05, 0) is 110 Å². The summed E-state index contributed by atoms with van der Waals surface area (Å²) in [4.78, 5) is 13.1. The number of aliphatic hydroxyl groups excluding tert-OH is 1. The van der Waals surface area contributed by atoms with Crippen LogP contribution in [0.25, 0.3) is 0 Å². The molecule has 0 radical (unpaired) electrons. The number of hydrogen-bond acceptors (Lipinski definition) is 3. The van der Waals surface area contributed by atoms with E-state index in [9.17, 15) is 9.90 Å². The summed E-state index contributed by atoms with van der Waals surface area (Å²) < 4.78 is 6.38. The van der Waals surface area contributed by atoms with Crippen LogP contribution in [0, 0.1) is 50.2 Å². The summed E-state index contributed by atoms with van der Waals surface area (Å²) in [5.41, 5.74) is 2.94. The predicted molar refractivity (Wildman–Crippen MR) is 192 cm³/mol. The molecule has 5 aliphatic carbocycles. The van der Waals surface area contributed by atoms with Gasteiger partial charge in [-0.2, -0.15) is 0 Å². The molecule has 0 aromatic carbocycles. The lowest BCUT2D eigenvalue weighted by atomic mass is 9.33. The Morgan fingerprint density at radius 3 is 2.07 bits per heavy atom. The number of unbranched alkanes of at least 4 members (excludes halogenated alkanes) is 9. The van der Waals surface area contributed by atoms with Crippen molar-refractivity contribution in [2.75, 3.05) is 6.61 Å². The minimum atomic E-state index is -0.00133. The van der Waals surface area contributed by atoms with Gasteiger partial charge in [0.15, 0.2) is 0 Å². The Hall–Kier alpha value is -0.830. The quantitative estimate of drug-likeness (QED) is 0.124. The van der Waals surface area contributed by atoms with Gasteiger partial charge in [-0.1, -0.05) is 125 Å². The van der Waals surface area contributed by atoms with Crippen LogP contribution in [0.15, 0.2) is 11.6 Å². The van der Waals surface area contributed by atoms with Crippen molar-refractivity contribution >= 4 is 5.97 Å². The fraction of sp³-hybridized carbons (Fsp3) is 0.930. The number of carbonyl (C=O) groups is 1. The minimum absolute atomic E-state index is 0.00133. The Labute approximate surface area is 284 Å². The number of hydrogen-bond donors (Lipinski definition) is 1. The lowest BCUT2D eigenvalue weighted by Gasteiger charge is -2.71. The van der Waals surface area contributed by atoms with Gasteiger partial charge in [-0.15, -0.1) is 0 Å². The Morgan fingerprint density at radius 2 is 1.41 bits per heavy atom. The van der Waals surface area contributed by atoms with Crippen LogP contribution in [-0.4, -0.2) is 23.8 Å². The van der Waals surface area contributed by atoms with Crippen molar-refractivity contribution in [3.63, 3.8) is 0 Å². The first-order chi connectivity index (χ1) is 21.7. The van der Waals surface area contributed by atoms with Gasteiger partial charge in [0.1, 0.15) is 6.10 Å². The highest BCUT2D eigenvalue weighted by molar-refractivity contribution is 5.69. The zero-order valence-electron chi connectivity index (χ0n) is 31.7. The fourth-order valence-corrected chi connectivity index (χ4v) is 12.8. The maximum Gasteiger partial charge on any atom is 0.306 e. The summed E-state index contributed by atoms with van der Waals surface area (Å²) in [5.74, 6) is 1.82. The highest BCUT2D eigenvalue weighted by Gasteiger charge is 2.68. The van der Waals surface area contributed by atoms with Gasteiger partial charge in [-0.25, -0.2) is 0 Å². The van der Waals surface area contributed by atoms with Crippen molar-refractivity contribution in [2.45, 2.75) is 196 Å². The van der Waals surface area contributed by atoms with Crippen LogP contribution in [0.3, 0.4) is 0 Å². The molecule has 0 heterocycles. The second-order valence-corrected chi connectivity index (χ2v) is 19.5. The Balaban J connectivity index is 1.21. The predicted octanol–water partition coefficient (Wildman–Crippen LogP) is 12.0. The maximum atomic E-state index is 13.1. The Kier molecular flexibility index (Phi) is 11.0. The number of esters is 1. The van der Waals surface area contributed by atoms with Gasteiger partial charge in [0, 0.05) is 23.9 Å². The number of rotatable bonds is 13. The van der Waals surface area contributed by atoms with Crippen LogP contribution in [0.1, 0.15) is 190 Å². The van der Waals surface area contributed by atoms with Gasteiger partial charge in [0.25, 0.3) is 0 Å². The van der Waals surface area contributed by atoms with E-state index in [2.05, 4.69) is 61.5 Å². The van der Waals surface area contributed by atoms with E-state index >= 15 is 0 Å². The molecular formula is C43H74O3. The molecular weight excluding hydrogens is 564 g/mol. The standard InChI is InChI=1S/C43H74O3/c1-9-10-11-12-13-14-15-16-17-18-19-37(45)46-36-23-24-40(6)34(39(36,4)5)22-25-42(8)35(40)21-20-32-33-30-38(2,3)26-28-43(33,31-44)29-27-41(32,42)7/h20,33-36,44H,9-19,21-31H2,1-8H3/t33-,34-,35+,36-,40-,41+,42+,43+/m0/s1. The van der Waals surface area contributed by atoms with Gasteiger partial charge in [-0.3, -0.25) is 4.79 Å². The Bertz CT molecular complexity index is 1090.